The largest absolute Gasteiger partial charge is 0.416 e. The zero-order valence-corrected chi connectivity index (χ0v) is 10.0. The highest BCUT2D eigenvalue weighted by Gasteiger charge is 2.08. The summed E-state index contributed by atoms with van der Waals surface area (Å²) in [5.41, 5.74) is 8.00. The molecule has 84 valence electrons. The Hall–Kier alpha value is -1.33. The van der Waals surface area contributed by atoms with Gasteiger partial charge in [0.2, 0.25) is 5.89 Å². The van der Waals surface area contributed by atoms with E-state index in [0.29, 0.717) is 17.7 Å². The van der Waals surface area contributed by atoms with E-state index in [1.165, 1.54) is 17.3 Å². The molecule has 4 nitrogen and oxygen atoms in total. The zero-order chi connectivity index (χ0) is 11.5. The lowest BCUT2D eigenvalue weighted by atomic mass is 10.1. The Labute approximate surface area is 98.2 Å². The number of hydrogen-bond acceptors (Lipinski definition) is 5. The molecule has 0 radical (unpaired) electrons. The van der Waals surface area contributed by atoms with E-state index in [4.69, 9.17) is 10.2 Å². The topological polar surface area (TPSA) is 64.9 Å². The van der Waals surface area contributed by atoms with E-state index in [2.05, 4.69) is 16.3 Å². The van der Waals surface area contributed by atoms with Gasteiger partial charge in [0.25, 0.3) is 5.22 Å². The van der Waals surface area contributed by atoms with Crippen molar-refractivity contribution in [1.82, 2.24) is 10.2 Å². The van der Waals surface area contributed by atoms with Crippen molar-refractivity contribution >= 4 is 11.8 Å². The lowest BCUT2D eigenvalue weighted by Gasteiger charge is -2.05. The first kappa shape index (κ1) is 11.2. The molecule has 1 heterocycles. The molecule has 0 bridgehead atoms. The van der Waals surface area contributed by atoms with Gasteiger partial charge in [0.15, 0.2) is 0 Å². The fourth-order valence-corrected chi connectivity index (χ4v) is 2.22. The van der Waals surface area contributed by atoms with Crippen molar-refractivity contribution in [3.05, 3.63) is 35.2 Å². The maximum absolute atomic E-state index is 5.70. The molecule has 0 saturated carbocycles. The van der Waals surface area contributed by atoms with Gasteiger partial charge in [-0.2, -0.15) is 0 Å². The minimum Gasteiger partial charge on any atom is -0.416 e. The molecule has 0 fully saturated rings. The average Bonchev–Trinajstić information content (AvgIpc) is 2.67. The summed E-state index contributed by atoms with van der Waals surface area (Å²) in [6, 6.07) is 6.15. The third-order valence-electron chi connectivity index (χ3n) is 2.14. The van der Waals surface area contributed by atoms with Crippen LogP contribution in [0.1, 0.15) is 17.0 Å². The first-order valence-corrected chi connectivity index (χ1v) is 5.78. The fourth-order valence-electron chi connectivity index (χ4n) is 1.38. The van der Waals surface area contributed by atoms with Crippen LogP contribution in [0.5, 0.6) is 0 Å². The van der Waals surface area contributed by atoms with Crippen molar-refractivity contribution in [3.63, 3.8) is 0 Å². The van der Waals surface area contributed by atoms with Gasteiger partial charge in [-0.3, -0.25) is 0 Å². The van der Waals surface area contributed by atoms with Gasteiger partial charge >= 0.3 is 0 Å². The molecule has 1 aromatic carbocycles. The molecule has 0 atom stereocenters. The van der Waals surface area contributed by atoms with Gasteiger partial charge in [-0.25, -0.2) is 0 Å². The molecule has 0 unspecified atom stereocenters. The van der Waals surface area contributed by atoms with Crippen LogP contribution in [0.15, 0.2) is 32.7 Å². The van der Waals surface area contributed by atoms with E-state index in [1.54, 1.807) is 6.92 Å². The van der Waals surface area contributed by atoms with Crippen molar-refractivity contribution in [1.29, 1.82) is 0 Å². The van der Waals surface area contributed by atoms with E-state index in [9.17, 15) is 0 Å². The van der Waals surface area contributed by atoms with E-state index < -0.39 is 0 Å². The van der Waals surface area contributed by atoms with Crippen molar-refractivity contribution in [2.24, 2.45) is 5.73 Å². The van der Waals surface area contributed by atoms with E-state index in [1.807, 2.05) is 19.1 Å². The van der Waals surface area contributed by atoms with E-state index in [0.717, 1.165) is 10.5 Å². The van der Waals surface area contributed by atoms with Crippen LogP contribution in [0.2, 0.25) is 0 Å². The van der Waals surface area contributed by atoms with Crippen LogP contribution in [0.25, 0.3) is 0 Å². The van der Waals surface area contributed by atoms with Crippen molar-refractivity contribution < 1.29 is 4.42 Å². The number of nitrogens with zero attached hydrogens (tertiary/aromatic N) is 2. The molecule has 16 heavy (non-hydrogen) atoms. The normalized spacial score (nSPS) is 10.7. The number of rotatable bonds is 3. The van der Waals surface area contributed by atoms with Crippen molar-refractivity contribution in [2.75, 3.05) is 0 Å². The van der Waals surface area contributed by atoms with Crippen LogP contribution >= 0.6 is 11.8 Å². The first-order valence-electron chi connectivity index (χ1n) is 4.96. The smallest absolute Gasteiger partial charge is 0.281 e. The molecule has 2 N–H and O–H groups in total. The Kier molecular flexibility index (Phi) is 3.26. The molecule has 0 saturated heterocycles. The van der Waals surface area contributed by atoms with Crippen LogP contribution in [-0.2, 0) is 6.54 Å². The summed E-state index contributed by atoms with van der Waals surface area (Å²) in [4.78, 5) is 1.07. The molecule has 0 aliphatic heterocycles. The predicted octanol–water partition coefficient (Wildman–Crippen LogP) is 2.30. The fraction of sp³-hybridized carbons (Fsp3) is 0.273. The van der Waals surface area contributed by atoms with Crippen LogP contribution in [0.3, 0.4) is 0 Å². The second kappa shape index (κ2) is 4.67. The van der Waals surface area contributed by atoms with Crippen molar-refractivity contribution in [3.8, 4) is 0 Å². The number of benzene rings is 1. The standard InChI is InChI=1S/C11H13N3OS/c1-7-3-4-10(9(5-7)6-12)16-11-14-13-8(2)15-11/h3-5H,6,12H2,1-2H3. The Balaban J connectivity index is 2.27. The minimum atomic E-state index is 0.511. The van der Waals surface area contributed by atoms with E-state index >= 15 is 0 Å². The SMILES string of the molecule is Cc1ccc(Sc2nnc(C)o2)c(CN)c1. The summed E-state index contributed by atoms with van der Waals surface area (Å²) in [6.07, 6.45) is 0. The third kappa shape index (κ3) is 2.43. The van der Waals surface area contributed by atoms with Gasteiger partial charge in [0, 0.05) is 18.4 Å². The van der Waals surface area contributed by atoms with E-state index in [-0.39, 0.29) is 0 Å². The Morgan fingerprint density at radius 2 is 2.12 bits per heavy atom. The highest BCUT2D eigenvalue weighted by atomic mass is 32.2. The Morgan fingerprint density at radius 1 is 1.31 bits per heavy atom. The summed E-state index contributed by atoms with van der Waals surface area (Å²) < 4.78 is 5.32. The molecule has 0 spiro atoms. The second-order valence-electron chi connectivity index (χ2n) is 3.50. The summed E-state index contributed by atoms with van der Waals surface area (Å²) in [5, 5.41) is 8.28. The third-order valence-corrected chi connectivity index (χ3v) is 3.10. The average molecular weight is 235 g/mol. The van der Waals surface area contributed by atoms with Gasteiger partial charge in [-0.1, -0.05) is 17.7 Å². The maximum Gasteiger partial charge on any atom is 0.281 e. The molecule has 2 rings (SSSR count). The minimum absolute atomic E-state index is 0.511. The Bertz CT molecular complexity index is 496. The predicted molar refractivity (Wildman–Crippen MR) is 62.2 cm³/mol. The van der Waals surface area contributed by atoms with Crippen LogP contribution in [0.4, 0.5) is 0 Å². The van der Waals surface area contributed by atoms with Crippen LogP contribution in [-0.4, -0.2) is 10.2 Å². The summed E-state index contributed by atoms with van der Waals surface area (Å²) in [7, 11) is 0. The second-order valence-corrected chi connectivity index (χ2v) is 4.50. The molecular weight excluding hydrogens is 222 g/mol. The zero-order valence-electron chi connectivity index (χ0n) is 9.23. The van der Waals surface area contributed by atoms with Gasteiger partial charge in [0.1, 0.15) is 0 Å². The Morgan fingerprint density at radius 3 is 2.75 bits per heavy atom. The molecule has 0 amide bonds. The summed E-state index contributed by atoms with van der Waals surface area (Å²) in [6.45, 7) is 4.33. The van der Waals surface area contributed by atoms with Gasteiger partial charge < -0.3 is 10.2 Å². The quantitative estimate of drug-likeness (QED) is 0.884. The number of hydrogen-bond donors (Lipinski definition) is 1. The molecular formula is C11H13N3OS. The lowest BCUT2D eigenvalue weighted by molar-refractivity contribution is 0.429. The van der Waals surface area contributed by atoms with Gasteiger partial charge in [0.05, 0.1) is 0 Å². The lowest BCUT2D eigenvalue weighted by Crippen LogP contribution is -1.98. The summed E-state index contributed by atoms with van der Waals surface area (Å²) >= 11 is 1.45. The molecule has 1 aromatic heterocycles. The molecule has 0 aliphatic carbocycles. The highest BCUT2D eigenvalue weighted by molar-refractivity contribution is 7.99. The number of aryl methyl sites for hydroxylation is 2. The number of aromatic nitrogens is 2. The van der Waals surface area contributed by atoms with Gasteiger partial charge in [-0.05, 0) is 30.3 Å². The van der Waals surface area contributed by atoms with Gasteiger partial charge in [-0.15, -0.1) is 10.2 Å². The first-order chi connectivity index (χ1) is 7.69. The summed E-state index contributed by atoms with van der Waals surface area (Å²) in [5.74, 6) is 0.573. The van der Waals surface area contributed by atoms with Crippen LogP contribution < -0.4 is 5.73 Å². The van der Waals surface area contributed by atoms with Crippen molar-refractivity contribution in [2.45, 2.75) is 30.5 Å². The molecule has 2 aromatic rings. The molecule has 0 aliphatic rings. The highest BCUT2D eigenvalue weighted by Crippen LogP contribution is 2.29. The number of nitrogens with two attached hydrogens (primary N) is 1. The van der Waals surface area contributed by atoms with Crippen LogP contribution in [0, 0.1) is 13.8 Å². The monoisotopic (exact) mass is 235 g/mol. The maximum atomic E-state index is 5.70. The molecule has 5 heteroatoms.